The number of halogens is 1. The van der Waals surface area contributed by atoms with Crippen molar-refractivity contribution in [3.63, 3.8) is 0 Å². The van der Waals surface area contributed by atoms with Crippen molar-refractivity contribution in [2.45, 2.75) is 12.5 Å². The van der Waals surface area contributed by atoms with Crippen molar-refractivity contribution in [1.29, 1.82) is 0 Å². The SMILES string of the molecule is CN(C(=O)N[C@@H](CCO)C(=O)O)c1ccccc1F. The first kappa shape index (κ1) is 14.9. The van der Waals surface area contributed by atoms with Gasteiger partial charge < -0.3 is 15.5 Å². The monoisotopic (exact) mass is 270 g/mol. The minimum atomic E-state index is -1.26. The van der Waals surface area contributed by atoms with E-state index < -0.39 is 23.9 Å². The fourth-order valence-electron chi connectivity index (χ4n) is 1.47. The Morgan fingerprint density at radius 2 is 2.05 bits per heavy atom. The van der Waals surface area contributed by atoms with Gasteiger partial charge in [0.2, 0.25) is 0 Å². The lowest BCUT2D eigenvalue weighted by molar-refractivity contribution is -0.139. The average molecular weight is 270 g/mol. The van der Waals surface area contributed by atoms with Gasteiger partial charge >= 0.3 is 12.0 Å². The number of amides is 2. The van der Waals surface area contributed by atoms with Crippen molar-refractivity contribution >= 4 is 17.7 Å². The molecule has 0 radical (unpaired) electrons. The molecule has 0 aliphatic rings. The molecule has 0 aliphatic carbocycles. The minimum Gasteiger partial charge on any atom is -0.480 e. The van der Waals surface area contributed by atoms with Crippen LogP contribution in [0.25, 0.3) is 0 Å². The number of rotatable bonds is 5. The zero-order valence-electron chi connectivity index (χ0n) is 10.3. The topological polar surface area (TPSA) is 89.9 Å². The van der Waals surface area contributed by atoms with Gasteiger partial charge in [-0.25, -0.2) is 14.0 Å². The third-order valence-electron chi connectivity index (χ3n) is 2.53. The Hall–Kier alpha value is -2.15. The van der Waals surface area contributed by atoms with Crippen molar-refractivity contribution in [2.24, 2.45) is 0 Å². The number of nitrogens with one attached hydrogen (secondary N) is 1. The van der Waals surface area contributed by atoms with Crippen LogP contribution in [0.5, 0.6) is 0 Å². The summed E-state index contributed by atoms with van der Waals surface area (Å²) in [5, 5.41) is 19.8. The first-order chi connectivity index (χ1) is 8.97. The predicted octanol–water partition coefficient (Wildman–Crippen LogP) is 0.807. The molecule has 7 heteroatoms. The lowest BCUT2D eigenvalue weighted by Gasteiger charge is -2.21. The minimum absolute atomic E-state index is 0.0353. The van der Waals surface area contributed by atoms with Gasteiger partial charge in [0.25, 0.3) is 0 Å². The number of benzene rings is 1. The molecule has 0 spiro atoms. The third-order valence-corrected chi connectivity index (χ3v) is 2.53. The quantitative estimate of drug-likeness (QED) is 0.738. The van der Waals surface area contributed by atoms with Crippen molar-refractivity contribution in [2.75, 3.05) is 18.6 Å². The molecule has 6 nitrogen and oxygen atoms in total. The first-order valence-corrected chi connectivity index (χ1v) is 5.59. The van der Waals surface area contributed by atoms with E-state index in [1.54, 1.807) is 6.07 Å². The van der Waals surface area contributed by atoms with Crippen LogP contribution < -0.4 is 10.2 Å². The van der Waals surface area contributed by atoms with Gasteiger partial charge in [-0.05, 0) is 12.1 Å². The average Bonchev–Trinajstić information content (AvgIpc) is 2.37. The lowest BCUT2D eigenvalue weighted by atomic mass is 10.2. The molecule has 0 aromatic heterocycles. The van der Waals surface area contributed by atoms with Crippen LogP contribution in [0, 0.1) is 5.82 Å². The molecule has 0 aliphatic heterocycles. The summed E-state index contributed by atoms with van der Waals surface area (Å²) in [6.45, 7) is -0.374. The number of anilines is 1. The summed E-state index contributed by atoms with van der Waals surface area (Å²) < 4.78 is 13.5. The highest BCUT2D eigenvalue weighted by Gasteiger charge is 2.22. The van der Waals surface area contributed by atoms with Crippen LogP contribution in [-0.2, 0) is 4.79 Å². The van der Waals surface area contributed by atoms with E-state index in [1.165, 1.54) is 25.2 Å². The van der Waals surface area contributed by atoms with Crippen molar-refractivity contribution in [3.05, 3.63) is 30.1 Å². The van der Waals surface area contributed by atoms with E-state index in [4.69, 9.17) is 10.2 Å². The molecule has 0 saturated heterocycles. The second-order valence-electron chi connectivity index (χ2n) is 3.86. The summed E-state index contributed by atoms with van der Waals surface area (Å²) in [6, 6.07) is 3.66. The standard InChI is InChI=1S/C12H15FN2O4/c1-15(10-5-3-2-4-8(10)13)12(19)14-9(6-7-16)11(17)18/h2-5,9,16H,6-7H2,1H3,(H,14,19)(H,17,18)/t9-/m0/s1. The number of nitrogens with zero attached hydrogens (tertiary/aromatic N) is 1. The third kappa shape index (κ3) is 3.92. The van der Waals surface area contributed by atoms with Gasteiger partial charge in [-0.1, -0.05) is 12.1 Å². The summed E-state index contributed by atoms with van der Waals surface area (Å²) in [5.74, 6) is -1.85. The van der Waals surface area contributed by atoms with Crippen molar-refractivity contribution in [1.82, 2.24) is 5.32 Å². The number of aliphatic carboxylic acids is 1. The molecule has 1 rings (SSSR count). The summed E-state index contributed by atoms with van der Waals surface area (Å²) in [7, 11) is 1.33. The van der Waals surface area contributed by atoms with Crippen LogP contribution in [0.15, 0.2) is 24.3 Å². The highest BCUT2D eigenvalue weighted by Crippen LogP contribution is 2.17. The Labute approximate surface area is 109 Å². The molecular weight excluding hydrogens is 255 g/mol. The molecule has 0 saturated carbocycles. The van der Waals surface area contributed by atoms with Crippen LogP contribution in [-0.4, -0.2) is 41.9 Å². The maximum Gasteiger partial charge on any atom is 0.326 e. The van der Waals surface area contributed by atoms with E-state index >= 15 is 0 Å². The van der Waals surface area contributed by atoms with E-state index in [0.29, 0.717) is 0 Å². The number of aliphatic hydroxyl groups is 1. The number of carboxylic acids is 1. The zero-order valence-corrected chi connectivity index (χ0v) is 10.3. The fraction of sp³-hybridized carbons (Fsp3) is 0.333. The van der Waals surface area contributed by atoms with Crippen LogP contribution in [0.3, 0.4) is 0 Å². The Balaban J connectivity index is 2.77. The highest BCUT2D eigenvalue weighted by molar-refractivity contribution is 5.94. The maximum atomic E-state index is 13.5. The van der Waals surface area contributed by atoms with Crippen molar-refractivity contribution in [3.8, 4) is 0 Å². The number of aliphatic hydroxyl groups excluding tert-OH is 1. The normalized spacial score (nSPS) is 11.7. The summed E-state index contributed by atoms with van der Waals surface area (Å²) in [4.78, 5) is 23.6. The molecule has 0 unspecified atom stereocenters. The van der Waals surface area contributed by atoms with Gasteiger partial charge in [-0.15, -0.1) is 0 Å². The fourth-order valence-corrected chi connectivity index (χ4v) is 1.47. The van der Waals surface area contributed by atoms with Gasteiger partial charge in [0.1, 0.15) is 11.9 Å². The number of hydrogen-bond acceptors (Lipinski definition) is 3. The van der Waals surface area contributed by atoms with Crippen molar-refractivity contribution < 1.29 is 24.2 Å². The Morgan fingerprint density at radius 3 is 2.58 bits per heavy atom. The molecule has 2 amide bonds. The molecule has 3 N–H and O–H groups in total. The van der Waals surface area contributed by atoms with Crippen LogP contribution in [0.1, 0.15) is 6.42 Å². The number of para-hydroxylation sites is 1. The summed E-state index contributed by atoms with van der Waals surface area (Å²) in [5.41, 5.74) is 0.0353. The molecule has 0 fully saturated rings. The first-order valence-electron chi connectivity index (χ1n) is 5.59. The second-order valence-corrected chi connectivity index (χ2v) is 3.86. The molecule has 0 bridgehead atoms. The molecule has 1 aromatic carbocycles. The molecular formula is C12H15FN2O4. The molecule has 1 aromatic rings. The second kappa shape index (κ2) is 6.69. The number of carboxylic acid groups (broad SMARTS) is 1. The smallest absolute Gasteiger partial charge is 0.326 e. The van der Waals surface area contributed by atoms with E-state index in [2.05, 4.69) is 5.32 Å². The Kier molecular flexibility index (Phi) is 5.25. The van der Waals surface area contributed by atoms with E-state index in [9.17, 15) is 14.0 Å². The van der Waals surface area contributed by atoms with Gasteiger partial charge in [0.05, 0.1) is 5.69 Å². The highest BCUT2D eigenvalue weighted by atomic mass is 19.1. The van der Waals surface area contributed by atoms with Gasteiger partial charge in [0, 0.05) is 20.1 Å². The van der Waals surface area contributed by atoms with Gasteiger partial charge in [0.15, 0.2) is 0 Å². The zero-order chi connectivity index (χ0) is 14.4. The number of carbonyl (C=O) groups excluding carboxylic acids is 1. The molecule has 19 heavy (non-hydrogen) atoms. The Morgan fingerprint density at radius 1 is 1.42 bits per heavy atom. The van der Waals surface area contributed by atoms with E-state index in [0.717, 1.165) is 4.90 Å². The molecule has 1 atom stereocenters. The van der Waals surface area contributed by atoms with Crippen LogP contribution in [0.4, 0.5) is 14.9 Å². The van der Waals surface area contributed by atoms with Gasteiger partial charge in [-0.3, -0.25) is 4.90 Å². The summed E-state index contributed by atoms with van der Waals surface area (Å²) in [6.07, 6.45) is -0.119. The molecule has 0 heterocycles. The lowest BCUT2D eigenvalue weighted by Crippen LogP contribution is -2.47. The van der Waals surface area contributed by atoms with E-state index in [-0.39, 0.29) is 18.7 Å². The predicted molar refractivity (Wildman–Crippen MR) is 66.5 cm³/mol. The molecule has 104 valence electrons. The maximum absolute atomic E-state index is 13.5. The number of hydrogen-bond donors (Lipinski definition) is 3. The van der Waals surface area contributed by atoms with E-state index in [1.807, 2.05) is 0 Å². The number of carbonyl (C=O) groups is 2. The number of urea groups is 1. The summed E-state index contributed by atoms with van der Waals surface area (Å²) >= 11 is 0. The van der Waals surface area contributed by atoms with Crippen LogP contribution >= 0.6 is 0 Å². The Bertz CT molecular complexity index is 467. The van der Waals surface area contributed by atoms with Crippen LogP contribution in [0.2, 0.25) is 0 Å². The van der Waals surface area contributed by atoms with Gasteiger partial charge in [-0.2, -0.15) is 0 Å². The largest absolute Gasteiger partial charge is 0.480 e.